The van der Waals surface area contributed by atoms with Gasteiger partial charge in [0, 0.05) is 55.4 Å². The monoisotopic (exact) mass is 448 g/mol. The summed E-state index contributed by atoms with van der Waals surface area (Å²) < 4.78 is 7.94. The molecule has 0 unspecified atom stereocenters. The van der Waals surface area contributed by atoms with Gasteiger partial charge in [-0.3, -0.25) is 19.7 Å². The van der Waals surface area contributed by atoms with Gasteiger partial charge in [0.1, 0.15) is 6.10 Å². The maximum Gasteiger partial charge on any atom is 0.258 e. The Bertz CT molecular complexity index is 1250. The summed E-state index contributed by atoms with van der Waals surface area (Å²) in [4.78, 5) is 24.4. The Morgan fingerprint density at radius 1 is 1.34 bits per heavy atom. The van der Waals surface area contributed by atoms with Crippen molar-refractivity contribution >= 4 is 33.3 Å². The lowest BCUT2D eigenvalue weighted by atomic mass is 10.0. The molecule has 9 heteroatoms. The van der Waals surface area contributed by atoms with Crippen LogP contribution in [0, 0.1) is 6.92 Å². The van der Waals surface area contributed by atoms with Crippen LogP contribution in [0.25, 0.3) is 10.9 Å². The van der Waals surface area contributed by atoms with Gasteiger partial charge in [-0.1, -0.05) is 18.2 Å². The number of nitrogens with one attached hydrogen (secondary N) is 1. The van der Waals surface area contributed by atoms with Gasteiger partial charge in [-0.05, 0) is 19.1 Å². The highest BCUT2D eigenvalue weighted by molar-refractivity contribution is 7.13. The first-order valence-corrected chi connectivity index (χ1v) is 11.4. The van der Waals surface area contributed by atoms with Crippen LogP contribution in [0.5, 0.6) is 0 Å². The van der Waals surface area contributed by atoms with E-state index in [-0.39, 0.29) is 12.0 Å². The molecule has 0 radical (unpaired) electrons. The molecule has 1 atom stereocenters. The fourth-order valence-electron chi connectivity index (χ4n) is 4.07. The van der Waals surface area contributed by atoms with E-state index in [0.717, 1.165) is 35.4 Å². The summed E-state index contributed by atoms with van der Waals surface area (Å²) in [5.74, 6) is -0.196. The summed E-state index contributed by atoms with van der Waals surface area (Å²) in [6, 6.07) is 9.55. The van der Waals surface area contributed by atoms with E-state index in [1.54, 1.807) is 6.20 Å². The summed E-state index contributed by atoms with van der Waals surface area (Å²) in [7, 11) is 1.94. The van der Waals surface area contributed by atoms with Crippen molar-refractivity contribution in [3.63, 3.8) is 0 Å². The molecule has 3 aromatic heterocycles. The number of carbonyl (C=O) groups is 1. The zero-order valence-corrected chi connectivity index (χ0v) is 18.8. The van der Waals surface area contributed by atoms with Crippen LogP contribution in [-0.4, -0.2) is 50.3 Å². The van der Waals surface area contributed by atoms with Crippen LogP contribution < -0.4 is 5.32 Å². The maximum absolute atomic E-state index is 13.1. The minimum atomic E-state index is -0.211. The number of amides is 1. The highest BCUT2D eigenvalue weighted by atomic mass is 32.1. The summed E-state index contributed by atoms with van der Waals surface area (Å²) >= 11 is 1.39. The molecule has 1 amide bonds. The van der Waals surface area contributed by atoms with Crippen LogP contribution in [0.4, 0.5) is 5.13 Å². The average molecular weight is 449 g/mol. The molecule has 1 aliphatic heterocycles. The minimum Gasteiger partial charge on any atom is -0.369 e. The van der Waals surface area contributed by atoms with Crippen LogP contribution in [0.2, 0.25) is 0 Å². The molecule has 1 N–H and O–H groups in total. The zero-order chi connectivity index (χ0) is 22.1. The first kappa shape index (κ1) is 20.7. The number of carbonyl (C=O) groups excluding carboxylic acids is 1. The summed E-state index contributed by atoms with van der Waals surface area (Å²) in [6.45, 7) is 5.00. The Labute approximate surface area is 189 Å². The Kier molecular flexibility index (Phi) is 5.69. The number of hydrogen-bond donors (Lipinski definition) is 1. The van der Waals surface area contributed by atoms with Crippen molar-refractivity contribution < 1.29 is 9.53 Å². The van der Waals surface area contributed by atoms with E-state index in [1.165, 1.54) is 16.9 Å². The van der Waals surface area contributed by atoms with Crippen molar-refractivity contribution in [3.8, 4) is 0 Å². The number of benzene rings is 1. The van der Waals surface area contributed by atoms with Crippen molar-refractivity contribution in [2.24, 2.45) is 7.05 Å². The second-order valence-corrected chi connectivity index (χ2v) is 8.81. The lowest BCUT2D eigenvalue weighted by molar-refractivity contribution is -0.0349. The normalized spacial score (nSPS) is 17.0. The molecule has 0 bridgehead atoms. The van der Waals surface area contributed by atoms with Gasteiger partial charge in [-0.15, -0.1) is 11.3 Å². The van der Waals surface area contributed by atoms with E-state index >= 15 is 0 Å². The zero-order valence-electron chi connectivity index (χ0n) is 18.0. The molecule has 4 aromatic rings. The van der Waals surface area contributed by atoms with Gasteiger partial charge in [-0.25, -0.2) is 9.97 Å². The molecular formula is C23H24N6O2S. The fourth-order valence-corrected chi connectivity index (χ4v) is 4.59. The van der Waals surface area contributed by atoms with E-state index in [9.17, 15) is 4.79 Å². The molecule has 4 heterocycles. The summed E-state index contributed by atoms with van der Waals surface area (Å²) in [5.41, 5.74) is 4.37. The van der Waals surface area contributed by atoms with Crippen LogP contribution in [0.3, 0.4) is 0 Å². The second kappa shape index (κ2) is 8.78. The number of fused-ring (bicyclic) bond motifs is 1. The lowest BCUT2D eigenvalue weighted by Gasteiger charge is -2.32. The molecule has 1 aromatic carbocycles. The highest BCUT2D eigenvalue weighted by Crippen LogP contribution is 2.27. The SMILES string of the molecule is Cc1nn(C)cc1CN1CCO[C@@H](c2cc(C(=O)Nc3nccs3)c3ccccc3n2)C1. The molecule has 0 saturated carbocycles. The number of aromatic nitrogens is 4. The van der Waals surface area contributed by atoms with Gasteiger partial charge in [0.25, 0.3) is 5.91 Å². The number of pyridine rings is 1. The quantitative estimate of drug-likeness (QED) is 0.503. The smallest absolute Gasteiger partial charge is 0.258 e. The number of hydrogen-bond acceptors (Lipinski definition) is 7. The van der Waals surface area contributed by atoms with Crippen molar-refractivity contribution in [2.75, 3.05) is 25.0 Å². The minimum absolute atomic E-state index is 0.196. The van der Waals surface area contributed by atoms with Gasteiger partial charge >= 0.3 is 0 Å². The third-order valence-electron chi connectivity index (χ3n) is 5.62. The lowest BCUT2D eigenvalue weighted by Crippen LogP contribution is -2.38. The van der Waals surface area contributed by atoms with E-state index in [2.05, 4.69) is 26.5 Å². The van der Waals surface area contributed by atoms with Crippen molar-refractivity contribution in [1.82, 2.24) is 24.6 Å². The first-order chi connectivity index (χ1) is 15.6. The molecule has 8 nitrogen and oxygen atoms in total. The number of aryl methyl sites for hydroxylation is 2. The van der Waals surface area contributed by atoms with Crippen LogP contribution in [0.1, 0.15) is 33.4 Å². The molecule has 5 rings (SSSR count). The number of thiazole rings is 1. The van der Waals surface area contributed by atoms with E-state index in [1.807, 2.05) is 54.4 Å². The molecule has 1 fully saturated rings. The van der Waals surface area contributed by atoms with Crippen molar-refractivity contribution in [1.29, 1.82) is 0 Å². The number of para-hydroxylation sites is 1. The average Bonchev–Trinajstić information content (AvgIpc) is 3.42. The highest BCUT2D eigenvalue weighted by Gasteiger charge is 2.26. The number of ether oxygens (including phenoxy) is 1. The maximum atomic E-state index is 13.1. The molecule has 1 aliphatic rings. The largest absolute Gasteiger partial charge is 0.369 e. The van der Waals surface area contributed by atoms with E-state index in [4.69, 9.17) is 9.72 Å². The molecule has 0 aliphatic carbocycles. The van der Waals surface area contributed by atoms with Crippen LogP contribution >= 0.6 is 11.3 Å². The fraction of sp³-hybridized carbons (Fsp3) is 0.304. The molecule has 164 valence electrons. The van der Waals surface area contributed by atoms with Crippen molar-refractivity contribution in [3.05, 3.63) is 70.6 Å². The van der Waals surface area contributed by atoms with Gasteiger partial charge in [0.15, 0.2) is 5.13 Å². The Morgan fingerprint density at radius 3 is 3.00 bits per heavy atom. The first-order valence-electron chi connectivity index (χ1n) is 10.5. The third kappa shape index (κ3) is 4.27. The number of nitrogens with zero attached hydrogens (tertiary/aromatic N) is 5. The Balaban J connectivity index is 1.43. The van der Waals surface area contributed by atoms with Gasteiger partial charge in [0.2, 0.25) is 0 Å². The topological polar surface area (TPSA) is 85.2 Å². The third-order valence-corrected chi connectivity index (χ3v) is 6.31. The predicted molar refractivity (Wildman–Crippen MR) is 124 cm³/mol. The van der Waals surface area contributed by atoms with Gasteiger partial charge < -0.3 is 4.74 Å². The second-order valence-electron chi connectivity index (χ2n) is 7.91. The molecule has 32 heavy (non-hydrogen) atoms. The number of morpholine rings is 1. The molecular weight excluding hydrogens is 424 g/mol. The predicted octanol–water partition coefficient (Wildman–Crippen LogP) is 3.56. The van der Waals surface area contributed by atoms with E-state index in [0.29, 0.717) is 23.8 Å². The molecule has 0 spiro atoms. The Morgan fingerprint density at radius 2 is 2.22 bits per heavy atom. The van der Waals surface area contributed by atoms with E-state index < -0.39 is 0 Å². The van der Waals surface area contributed by atoms with Crippen LogP contribution in [0.15, 0.2) is 48.1 Å². The van der Waals surface area contributed by atoms with Crippen LogP contribution in [-0.2, 0) is 18.3 Å². The van der Waals surface area contributed by atoms with Gasteiger partial charge in [0.05, 0.1) is 29.1 Å². The Hall–Kier alpha value is -3.14. The number of rotatable bonds is 5. The summed E-state index contributed by atoms with van der Waals surface area (Å²) in [5, 5.41) is 10.6. The van der Waals surface area contributed by atoms with Crippen molar-refractivity contribution in [2.45, 2.75) is 19.6 Å². The van der Waals surface area contributed by atoms with Gasteiger partial charge in [-0.2, -0.15) is 5.10 Å². The standard InChI is InChI=1S/C23H24N6O2S/c1-15-16(12-28(2)27-15)13-29-8-9-31-21(14-29)20-11-18(17-5-3-4-6-19(17)25-20)22(30)26-23-24-7-10-32-23/h3-7,10-12,21H,8-9,13-14H2,1-2H3,(H,24,26,30)/t21-/m1/s1. The molecule has 1 saturated heterocycles. The number of anilines is 1. The summed E-state index contributed by atoms with van der Waals surface area (Å²) in [6.07, 6.45) is 3.52.